The summed E-state index contributed by atoms with van der Waals surface area (Å²) in [6, 6.07) is 7.43. The Morgan fingerprint density at radius 3 is 2.73 bits per heavy atom. The number of ether oxygens (including phenoxy) is 1. The molecule has 4 nitrogen and oxygen atoms in total. The van der Waals surface area contributed by atoms with E-state index in [1.54, 1.807) is 0 Å². The van der Waals surface area contributed by atoms with Gasteiger partial charge in [0.25, 0.3) is 0 Å². The summed E-state index contributed by atoms with van der Waals surface area (Å²) in [5.41, 5.74) is 2.22. The first-order chi connectivity index (χ1) is 10.4. The molecular formula is C16H19BrN2O2S. The van der Waals surface area contributed by atoms with Crippen LogP contribution in [0.2, 0.25) is 0 Å². The molecule has 6 heteroatoms. The first-order valence-corrected chi connectivity index (χ1v) is 8.30. The van der Waals surface area contributed by atoms with Crippen molar-refractivity contribution in [2.24, 2.45) is 5.92 Å². The molecule has 22 heavy (non-hydrogen) atoms. The largest absolute Gasteiger partial charge is 0.462 e. The minimum Gasteiger partial charge on any atom is -0.462 e. The molecule has 0 bridgehead atoms. The van der Waals surface area contributed by atoms with Crippen molar-refractivity contribution in [2.75, 3.05) is 6.61 Å². The molecule has 1 aliphatic heterocycles. The van der Waals surface area contributed by atoms with Crippen molar-refractivity contribution in [3.8, 4) is 0 Å². The quantitative estimate of drug-likeness (QED) is 0.616. The van der Waals surface area contributed by atoms with Crippen molar-refractivity contribution in [3.05, 3.63) is 45.6 Å². The summed E-state index contributed by atoms with van der Waals surface area (Å²) in [5.74, 6) is -0.0354. The van der Waals surface area contributed by atoms with E-state index in [0.717, 1.165) is 15.7 Å². The topological polar surface area (TPSA) is 50.4 Å². The predicted octanol–water partition coefficient (Wildman–Crippen LogP) is 3.44. The van der Waals surface area contributed by atoms with E-state index >= 15 is 0 Å². The molecule has 0 saturated carbocycles. The van der Waals surface area contributed by atoms with E-state index in [9.17, 15) is 4.79 Å². The van der Waals surface area contributed by atoms with Gasteiger partial charge >= 0.3 is 5.97 Å². The highest BCUT2D eigenvalue weighted by Crippen LogP contribution is 2.32. The van der Waals surface area contributed by atoms with Gasteiger partial charge in [0.1, 0.15) is 0 Å². The van der Waals surface area contributed by atoms with Crippen LogP contribution in [0.4, 0.5) is 0 Å². The van der Waals surface area contributed by atoms with Crippen LogP contribution < -0.4 is 10.6 Å². The Kier molecular flexibility index (Phi) is 5.58. The zero-order valence-corrected chi connectivity index (χ0v) is 15.2. The standard InChI is InChI=1S/C16H19BrN2O2S/c1-9(2)8-21-15(20)13-10(3)18-16(22)19-14(13)11-6-4-5-7-12(11)17/h4-7,9,14H,8H2,1-3H3,(H2,18,19,22)/t14-/m1/s1. The molecule has 118 valence electrons. The van der Waals surface area contributed by atoms with Crippen molar-refractivity contribution in [1.29, 1.82) is 0 Å². The molecule has 0 fully saturated rings. The van der Waals surface area contributed by atoms with E-state index < -0.39 is 0 Å². The van der Waals surface area contributed by atoms with Crippen LogP contribution >= 0.6 is 28.1 Å². The third-order valence-corrected chi connectivity index (χ3v) is 4.20. The Balaban J connectivity index is 2.37. The second kappa shape index (κ2) is 7.24. The molecule has 0 amide bonds. The van der Waals surface area contributed by atoms with Crippen LogP contribution in [0.5, 0.6) is 0 Å². The van der Waals surface area contributed by atoms with Gasteiger partial charge in [0.2, 0.25) is 0 Å². The summed E-state index contributed by atoms with van der Waals surface area (Å²) in [4.78, 5) is 12.5. The highest BCUT2D eigenvalue weighted by Gasteiger charge is 2.31. The average molecular weight is 383 g/mol. The van der Waals surface area contributed by atoms with Crippen molar-refractivity contribution in [1.82, 2.24) is 10.6 Å². The number of benzene rings is 1. The van der Waals surface area contributed by atoms with E-state index in [0.29, 0.717) is 17.3 Å². The van der Waals surface area contributed by atoms with Gasteiger partial charge < -0.3 is 15.4 Å². The van der Waals surface area contributed by atoms with Crippen molar-refractivity contribution >= 4 is 39.2 Å². The zero-order valence-electron chi connectivity index (χ0n) is 12.8. The van der Waals surface area contributed by atoms with Gasteiger partial charge in [-0.3, -0.25) is 0 Å². The Morgan fingerprint density at radius 2 is 2.09 bits per heavy atom. The molecule has 0 spiro atoms. The summed E-state index contributed by atoms with van der Waals surface area (Å²) >= 11 is 8.76. The second-order valence-electron chi connectivity index (χ2n) is 5.58. The molecule has 1 aliphatic rings. The summed E-state index contributed by atoms with van der Waals surface area (Å²) in [6.45, 7) is 6.24. The Labute approximate surface area is 144 Å². The van der Waals surface area contributed by atoms with Gasteiger partial charge in [-0.2, -0.15) is 0 Å². The minimum absolute atomic E-state index is 0.289. The lowest BCUT2D eigenvalue weighted by molar-refractivity contribution is -0.140. The van der Waals surface area contributed by atoms with Crippen LogP contribution in [0.3, 0.4) is 0 Å². The monoisotopic (exact) mass is 382 g/mol. The molecule has 2 N–H and O–H groups in total. The van der Waals surface area contributed by atoms with Crippen LogP contribution in [0.15, 0.2) is 40.0 Å². The number of hydrogen-bond donors (Lipinski definition) is 2. The number of thiocarbonyl (C=S) groups is 1. The fraction of sp³-hybridized carbons (Fsp3) is 0.375. The fourth-order valence-corrected chi connectivity index (χ4v) is 3.01. The average Bonchev–Trinajstić information content (AvgIpc) is 2.44. The predicted molar refractivity (Wildman–Crippen MR) is 94.2 cm³/mol. The lowest BCUT2D eigenvalue weighted by Gasteiger charge is -2.30. The molecule has 1 atom stereocenters. The second-order valence-corrected chi connectivity index (χ2v) is 6.85. The van der Waals surface area contributed by atoms with Crippen LogP contribution in [-0.4, -0.2) is 17.7 Å². The molecule has 1 aromatic rings. The van der Waals surface area contributed by atoms with Crippen LogP contribution in [0.25, 0.3) is 0 Å². The van der Waals surface area contributed by atoms with Gasteiger partial charge in [-0.15, -0.1) is 0 Å². The summed E-state index contributed by atoms with van der Waals surface area (Å²) in [7, 11) is 0. The maximum Gasteiger partial charge on any atom is 0.338 e. The SMILES string of the molecule is CC1=C(C(=O)OCC(C)C)[C@@H](c2ccccc2Br)NC(=S)N1. The third-order valence-electron chi connectivity index (χ3n) is 3.25. The van der Waals surface area contributed by atoms with Crippen molar-refractivity contribution in [2.45, 2.75) is 26.8 Å². The molecule has 0 aliphatic carbocycles. The lowest BCUT2D eigenvalue weighted by Crippen LogP contribution is -2.45. The molecule has 0 saturated heterocycles. The van der Waals surface area contributed by atoms with E-state index in [1.165, 1.54) is 0 Å². The van der Waals surface area contributed by atoms with Crippen molar-refractivity contribution in [3.63, 3.8) is 0 Å². The number of rotatable bonds is 4. The fourth-order valence-electron chi connectivity index (χ4n) is 2.23. The number of allylic oxidation sites excluding steroid dienone is 1. The van der Waals surface area contributed by atoms with Crippen molar-refractivity contribution < 1.29 is 9.53 Å². The van der Waals surface area contributed by atoms with Crippen LogP contribution in [0.1, 0.15) is 32.4 Å². The van der Waals surface area contributed by atoms with Gasteiger partial charge in [0.05, 0.1) is 18.2 Å². The first kappa shape index (κ1) is 17.0. The minimum atomic E-state index is -0.330. The third kappa shape index (κ3) is 3.87. The highest BCUT2D eigenvalue weighted by molar-refractivity contribution is 9.10. The van der Waals surface area contributed by atoms with Gasteiger partial charge in [-0.1, -0.05) is 48.0 Å². The molecular weight excluding hydrogens is 364 g/mol. The summed E-state index contributed by atoms with van der Waals surface area (Å²) in [6.07, 6.45) is 0. The Hall–Kier alpha value is -1.40. The first-order valence-electron chi connectivity index (χ1n) is 7.10. The number of hydrogen-bond acceptors (Lipinski definition) is 3. The zero-order chi connectivity index (χ0) is 16.3. The molecule has 2 rings (SSSR count). The number of carbonyl (C=O) groups excluding carboxylic acids is 1. The molecule has 0 unspecified atom stereocenters. The van der Waals surface area contributed by atoms with Crippen LogP contribution in [0, 0.1) is 5.92 Å². The number of esters is 1. The normalized spacial score (nSPS) is 18.0. The van der Waals surface area contributed by atoms with Gasteiger partial charge in [-0.25, -0.2) is 4.79 Å². The maximum absolute atomic E-state index is 12.5. The van der Waals surface area contributed by atoms with E-state index in [4.69, 9.17) is 17.0 Å². The number of nitrogens with one attached hydrogen (secondary N) is 2. The highest BCUT2D eigenvalue weighted by atomic mass is 79.9. The van der Waals surface area contributed by atoms with Crippen LogP contribution in [-0.2, 0) is 9.53 Å². The summed E-state index contributed by atoms with van der Waals surface area (Å²) < 4.78 is 6.32. The van der Waals surface area contributed by atoms with Gasteiger partial charge in [-0.05, 0) is 36.7 Å². The number of halogens is 1. The lowest BCUT2D eigenvalue weighted by atomic mass is 9.96. The van der Waals surface area contributed by atoms with E-state index in [2.05, 4.69) is 26.6 Å². The number of carbonyl (C=O) groups is 1. The molecule has 0 aromatic heterocycles. The Bertz CT molecular complexity index is 628. The van der Waals surface area contributed by atoms with E-state index in [-0.39, 0.29) is 17.9 Å². The van der Waals surface area contributed by atoms with Gasteiger partial charge in [0, 0.05) is 10.2 Å². The molecule has 1 heterocycles. The molecule has 0 radical (unpaired) electrons. The maximum atomic E-state index is 12.5. The van der Waals surface area contributed by atoms with E-state index in [1.807, 2.05) is 45.0 Å². The molecule has 1 aromatic carbocycles. The van der Waals surface area contributed by atoms with Gasteiger partial charge in [0.15, 0.2) is 5.11 Å². The smallest absolute Gasteiger partial charge is 0.338 e. The summed E-state index contributed by atoms with van der Waals surface area (Å²) in [5, 5.41) is 6.65. The Morgan fingerprint density at radius 1 is 1.41 bits per heavy atom.